The number of amides is 1. The molecular weight excluding hydrogens is 468 g/mol. The van der Waals surface area contributed by atoms with Crippen LogP contribution in [-0.2, 0) is 17.9 Å². The van der Waals surface area contributed by atoms with Crippen LogP contribution in [0.5, 0.6) is 0 Å². The minimum Gasteiger partial charge on any atom is -0.307 e. The van der Waals surface area contributed by atoms with Crippen molar-refractivity contribution >= 4 is 11.6 Å². The van der Waals surface area contributed by atoms with Crippen LogP contribution < -0.4 is 4.90 Å². The van der Waals surface area contributed by atoms with Gasteiger partial charge < -0.3 is 4.90 Å². The third-order valence-corrected chi connectivity index (χ3v) is 9.18. The second-order valence-electron chi connectivity index (χ2n) is 11.9. The molecule has 2 saturated carbocycles. The summed E-state index contributed by atoms with van der Waals surface area (Å²) in [7, 11) is 0. The molecule has 0 atom stereocenters. The normalized spacial score (nSPS) is 19.2. The molecule has 0 N–H and O–H groups in total. The molecule has 0 saturated heterocycles. The van der Waals surface area contributed by atoms with Crippen molar-refractivity contribution in [2.75, 3.05) is 4.90 Å². The number of benzene rings is 2. The van der Waals surface area contributed by atoms with E-state index in [1.807, 2.05) is 4.90 Å². The van der Waals surface area contributed by atoms with Crippen LogP contribution in [-0.4, -0.2) is 20.9 Å². The monoisotopic (exact) mass is 510 g/mol. The van der Waals surface area contributed by atoms with Crippen molar-refractivity contribution in [2.45, 2.75) is 103 Å². The van der Waals surface area contributed by atoms with Crippen molar-refractivity contribution in [3.8, 4) is 22.5 Å². The van der Waals surface area contributed by atoms with Gasteiger partial charge in [0.25, 0.3) is 0 Å². The Balaban J connectivity index is 1.37. The van der Waals surface area contributed by atoms with Crippen LogP contribution in [0.2, 0.25) is 0 Å². The first kappa shape index (κ1) is 25.3. The number of para-hydroxylation sites is 1. The molecule has 3 aliphatic rings. The third-order valence-electron chi connectivity index (χ3n) is 9.18. The summed E-state index contributed by atoms with van der Waals surface area (Å²) in [6.07, 6.45) is 17.4. The van der Waals surface area contributed by atoms with E-state index in [0.717, 1.165) is 34.7 Å². The Hall–Kier alpha value is -2.95. The van der Waals surface area contributed by atoms with Crippen LogP contribution in [0.1, 0.15) is 95.5 Å². The average molecular weight is 511 g/mol. The molecule has 5 heteroatoms. The lowest BCUT2D eigenvalue weighted by atomic mass is 9.89. The quantitative estimate of drug-likeness (QED) is 0.356. The van der Waals surface area contributed by atoms with E-state index in [4.69, 9.17) is 10.3 Å². The highest BCUT2D eigenvalue weighted by molar-refractivity contribution is 6.00. The maximum absolute atomic E-state index is 14.1. The lowest BCUT2D eigenvalue weighted by Gasteiger charge is -2.30. The molecule has 0 unspecified atom stereocenters. The van der Waals surface area contributed by atoms with E-state index in [2.05, 4.69) is 53.2 Å². The van der Waals surface area contributed by atoms with Gasteiger partial charge in [0, 0.05) is 24.1 Å². The van der Waals surface area contributed by atoms with Crippen LogP contribution in [0.4, 0.5) is 5.69 Å². The first-order chi connectivity index (χ1) is 18.8. The summed E-state index contributed by atoms with van der Waals surface area (Å²) in [6.45, 7) is 1.51. The third kappa shape index (κ3) is 5.43. The summed E-state index contributed by atoms with van der Waals surface area (Å²) < 4.78 is 2.16. The zero-order valence-electron chi connectivity index (χ0n) is 22.8. The van der Waals surface area contributed by atoms with Crippen molar-refractivity contribution in [2.24, 2.45) is 11.8 Å². The highest BCUT2D eigenvalue weighted by Crippen LogP contribution is 2.42. The second-order valence-corrected chi connectivity index (χ2v) is 11.9. The highest BCUT2D eigenvalue weighted by atomic mass is 16.2. The minimum atomic E-state index is 0.245. The summed E-state index contributed by atoms with van der Waals surface area (Å²) >= 11 is 0. The molecule has 5 nitrogen and oxygen atoms in total. The Bertz CT molecular complexity index is 1230. The molecule has 0 spiro atoms. The predicted octanol–water partition coefficient (Wildman–Crippen LogP) is 8.18. The van der Waals surface area contributed by atoms with Crippen molar-refractivity contribution < 1.29 is 4.79 Å². The summed E-state index contributed by atoms with van der Waals surface area (Å²) in [4.78, 5) is 16.1. The van der Waals surface area contributed by atoms with Crippen LogP contribution in [0, 0.1) is 11.8 Å². The van der Waals surface area contributed by atoms with Crippen LogP contribution in [0.3, 0.4) is 0 Å². The number of fused-ring (bicyclic) bond motifs is 5. The van der Waals surface area contributed by atoms with Gasteiger partial charge >= 0.3 is 0 Å². The number of carbonyl (C=O) groups is 1. The van der Waals surface area contributed by atoms with Crippen LogP contribution in [0.25, 0.3) is 22.5 Å². The molecule has 2 heterocycles. The summed E-state index contributed by atoms with van der Waals surface area (Å²) in [5.74, 6) is 1.39. The van der Waals surface area contributed by atoms with E-state index >= 15 is 0 Å². The van der Waals surface area contributed by atoms with E-state index in [1.165, 1.54) is 89.0 Å². The second kappa shape index (κ2) is 11.8. The van der Waals surface area contributed by atoms with Gasteiger partial charge in [-0.1, -0.05) is 105 Å². The molecule has 2 fully saturated rings. The maximum Gasteiger partial charge on any atom is 0.227 e. The van der Waals surface area contributed by atoms with Crippen molar-refractivity contribution in [3.63, 3.8) is 0 Å². The number of carbonyl (C=O) groups excluding carboxylic acids is 1. The van der Waals surface area contributed by atoms with Gasteiger partial charge in [-0.25, -0.2) is 4.68 Å². The first-order valence-electron chi connectivity index (χ1n) is 15.2. The van der Waals surface area contributed by atoms with Crippen LogP contribution in [0.15, 0.2) is 48.5 Å². The molecule has 6 rings (SSSR count). The van der Waals surface area contributed by atoms with E-state index in [0.29, 0.717) is 24.8 Å². The minimum absolute atomic E-state index is 0.245. The van der Waals surface area contributed by atoms with E-state index in [1.54, 1.807) is 0 Å². The molecule has 1 amide bonds. The SMILES string of the molecule is O=C(CC1CCCCCCCC1)N1Cc2ccccc2-c2c(nnn2CC2CCCCC2)-c2ccccc21. The van der Waals surface area contributed by atoms with Gasteiger partial charge in [-0.2, -0.15) is 0 Å². The number of rotatable bonds is 4. The summed E-state index contributed by atoms with van der Waals surface area (Å²) in [6, 6.07) is 16.9. The van der Waals surface area contributed by atoms with Gasteiger partial charge in [-0.05, 0) is 49.1 Å². The zero-order valence-corrected chi connectivity index (χ0v) is 22.8. The number of nitrogens with zero attached hydrogens (tertiary/aromatic N) is 4. The topological polar surface area (TPSA) is 51.0 Å². The fraction of sp³-hybridized carbons (Fsp3) is 0.545. The molecule has 2 aliphatic carbocycles. The Morgan fingerprint density at radius 1 is 0.737 bits per heavy atom. The molecule has 1 aliphatic heterocycles. The first-order valence-corrected chi connectivity index (χ1v) is 15.2. The molecular formula is C33H42N4O. The fourth-order valence-corrected chi connectivity index (χ4v) is 7.06. The average Bonchev–Trinajstić information content (AvgIpc) is 3.40. The predicted molar refractivity (Wildman–Crippen MR) is 154 cm³/mol. The summed E-state index contributed by atoms with van der Waals surface area (Å²) in [5, 5.41) is 9.51. The Morgan fingerprint density at radius 3 is 2.11 bits per heavy atom. The van der Waals surface area contributed by atoms with Gasteiger partial charge in [0.1, 0.15) is 5.69 Å². The standard InChI is InChI=1S/C33H42N4O/c38-31(22-25-14-6-3-1-2-4-7-15-25)36-24-27-18-10-11-19-28(27)33-32(29-20-12-13-21-30(29)36)34-35-37(33)23-26-16-8-5-9-17-26/h10-13,18-21,25-26H,1-9,14-17,22-24H2. The van der Waals surface area contributed by atoms with Crippen molar-refractivity contribution in [1.82, 2.24) is 15.0 Å². The molecule has 3 aromatic rings. The van der Waals surface area contributed by atoms with Gasteiger partial charge in [0.2, 0.25) is 5.91 Å². The van der Waals surface area contributed by atoms with Gasteiger partial charge in [0.05, 0.1) is 17.9 Å². The smallest absolute Gasteiger partial charge is 0.227 e. The molecule has 200 valence electrons. The van der Waals surface area contributed by atoms with E-state index in [-0.39, 0.29) is 5.91 Å². The molecule has 2 aromatic carbocycles. The fourth-order valence-electron chi connectivity index (χ4n) is 7.06. The number of aromatic nitrogens is 3. The number of anilines is 1. The van der Waals surface area contributed by atoms with Gasteiger partial charge in [0.15, 0.2) is 0 Å². The number of hydrogen-bond donors (Lipinski definition) is 0. The molecule has 1 aromatic heterocycles. The highest BCUT2D eigenvalue weighted by Gasteiger charge is 2.30. The lowest BCUT2D eigenvalue weighted by Crippen LogP contribution is -2.33. The van der Waals surface area contributed by atoms with Crippen molar-refractivity contribution in [3.05, 3.63) is 54.1 Å². The Morgan fingerprint density at radius 2 is 1.34 bits per heavy atom. The summed E-state index contributed by atoms with van der Waals surface area (Å²) in [5.41, 5.74) is 6.36. The molecule has 38 heavy (non-hydrogen) atoms. The molecule has 0 bridgehead atoms. The number of hydrogen-bond acceptors (Lipinski definition) is 3. The van der Waals surface area contributed by atoms with Gasteiger partial charge in [-0.15, -0.1) is 5.10 Å². The largest absolute Gasteiger partial charge is 0.307 e. The maximum atomic E-state index is 14.1. The molecule has 0 radical (unpaired) electrons. The van der Waals surface area contributed by atoms with E-state index < -0.39 is 0 Å². The van der Waals surface area contributed by atoms with Gasteiger partial charge in [-0.3, -0.25) is 4.79 Å². The Labute approximate surface area is 227 Å². The lowest BCUT2D eigenvalue weighted by molar-refractivity contribution is -0.119. The van der Waals surface area contributed by atoms with Crippen LogP contribution >= 0.6 is 0 Å². The zero-order chi connectivity index (χ0) is 25.7. The van der Waals surface area contributed by atoms with Crippen molar-refractivity contribution in [1.29, 1.82) is 0 Å². The Kier molecular flexibility index (Phi) is 7.89. The van der Waals surface area contributed by atoms with E-state index in [9.17, 15) is 4.79 Å².